The molecule has 0 aromatic carbocycles. The van der Waals surface area contributed by atoms with E-state index in [4.69, 9.17) is 5.73 Å². The summed E-state index contributed by atoms with van der Waals surface area (Å²) in [6.45, 7) is 0. The Kier molecular flexibility index (Phi) is 2.54. The molecule has 3 nitrogen and oxygen atoms in total. The molecule has 0 radical (unpaired) electrons. The second kappa shape index (κ2) is 3.83. The van der Waals surface area contributed by atoms with E-state index >= 15 is 0 Å². The number of aromatic nitrogens is 2. The summed E-state index contributed by atoms with van der Waals surface area (Å²) in [6.07, 6.45) is 10.1. The van der Waals surface area contributed by atoms with Gasteiger partial charge >= 0.3 is 0 Å². The van der Waals surface area contributed by atoms with Gasteiger partial charge < -0.3 is 5.73 Å². The summed E-state index contributed by atoms with van der Waals surface area (Å²) >= 11 is 0. The van der Waals surface area contributed by atoms with Crippen LogP contribution in [0.1, 0.15) is 37.2 Å². The predicted molar refractivity (Wildman–Crippen MR) is 51.2 cm³/mol. The topological polar surface area (TPSA) is 51.8 Å². The Bertz CT molecular complexity index is 252. The molecule has 0 saturated heterocycles. The van der Waals surface area contributed by atoms with Crippen LogP contribution in [-0.4, -0.2) is 16.0 Å². The SMILES string of the molecule is NC1CCC(c2cncnc2)CC1. The molecule has 13 heavy (non-hydrogen) atoms. The zero-order valence-electron chi connectivity index (χ0n) is 7.69. The minimum atomic E-state index is 0.417. The molecule has 0 aliphatic heterocycles. The number of rotatable bonds is 1. The van der Waals surface area contributed by atoms with Gasteiger partial charge in [0.15, 0.2) is 0 Å². The summed E-state index contributed by atoms with van der Waals surface area (Å²) in [5.41, 5.74) is 7.12. The maximum absolute atomic E-state index is 5.84. The Morgan fingerprint density at radius 3 is 2.31 bits per heavy atom. The highest BCUT2D eigenvalue weighted by Crippen LogP contribution is 2.31. The number of hydrogen-bond acceptors (Lipinski definition) is 3. The van der Waals surface area contributed by atoms with Gasteiger partial charge in [-0.15, -0.1) is 0 Å². The second-order valence-corrected chi connectivity index (χ2v) is 3.78. The zero-order valence-corrected chi connectivity index (χ0v) is 7.69. The number of hydrogen-bond donors (Lipinski definition) is 1. The van der Waals surface area contributed by atoms with Gasteiger partial charge in [0.1, 0.15) is 6.33 Å². The molecule has 3 heteroatoms. The van der Waals surface area contributed by atoms with Crippen LogP contribution in [0.15, 0.2) is 18.7 Å². The van der Waals surface area contributed by atoms with Crippen molar-refractivity contribution in [2.75, 3.05) is 0 Å². The van der Waals surface area contributed by atoms with E-state index in [1.165, 1.54) is 18.4 Å². The van der Waals surface area contributed by atoms with Gasteiger partial charge in [-0.25, -0.2) is 9.97 Å². The molecule has 1 fully saturated rings. The highest BCUT2D eigenvalue weighted by molar-refractivity contribution is 5.11. The molecule has 0 atom stereocenters. The fourth-order valence-electron chi connectivity index (χ4n) is 1.97. The Hall–Kier alpha value is -0.960. The standard InChI is InChI=1S/C10H15N3/c11-10-3-1-8(2-4-10)9-5-12-7-13-6-9/h5-8,10H,1-4,11H2. The molecular formula is C10H15N3. The van der Waals surface area contributed by atoms with Gasteiger partial charge in [0.05, 0.1) is 0 Å². The van der Waals surface area contributed by atoms with Crippen molar-refractivity contribution < 1.29 is 0 Å². The third-order valence-electron chi connectivity index (χ3n) is 2.82. The van der Waals surface area contributed by atoms with Crippen molar-refractivity contribution in [3.63, 3.8) is 0 Å². The summed E-state index contributed by atoms with van der Waals surface area (Å²) < 4.78 is 0. The first-order chi connectivity index (χ1) is 6.36. The first kappa shape index (κ1) is 8.63. The van der Waals surface area contributed by atoms with Crippen LogP contribution in [-0.2, 0) is 0 Å². The van der Waals surface area contributed by atoms with Crippen molar-refractivity contribution in [3.05, 3.63) is 24.3 Å². The fourth-order valence-corrected chi connectivity index (χ4v) is 1.97. The molecule has 2 N–H and O–H groups in total. The van der Waals surface area contributed by atoms with E-state index in [9.17, 15) is 0 Å². The molecule has 1 aromatic rings. The Labute approximate surface area is 78.4 Å². The normalized spacial score (nSPS) is 28.7. The molecule has 70 valence electrons. The lowest BCUT2D eigenvalue weighted by Gasteiger charge is -2.25. The Balaban J connectivity index is 2.03. The van der Waals surface area contributed by atoms with Crippen LogP contribution in [0, 0.1) is 0 Å². The average molecular weight is 177 g/mol. The maximum Gasteiger partial charge on any atom is 0.115 e. The van der Waals surface area contributed by atoms with Gasteiger partial charge in [-0.2, -0.15) is 0 Å². The van der Waals surface area contributed by atoms with Crippen LogP contribution in [0.4, 0.5) is 0 Å². The van der Waals surface area contributed by atoms with Crippen molar-refractivity contribution in [1.82, 2.24) is 9.97 Å². The van der Waals surface area contributed by atoms with Crippen LogP contribution in [0.25, 0.3) is 0 Å². The van der Waals surface area contributed by atoms with Crippen molar-refractivity contribution in [2.45, 2.75) is 37.6 Å². The largest absolute Gasteiger partial charge is 0.328 e. The molecule has 0 bridgehead atoms. The summed E-state index contributed by atoms with van der Waals surface area (Å²) in [4.78, 5) is 8.07. The summed E-state index contributed by atoms with van der Waals surface area (Å²) in [5.74, 6) is 0.640. The van der Waals surface area contributed by atoms with Crippen molar-refractivity contribution >= 4 is 0 Å². The minimum Gasteiger partial charge on any atom is -0.328 e. The second-order valence-electron chi connectivity index (χ2n) is 3.78. The molecule has 0 spiro atoms. The lowest BCUT2D eigenvalue weighted by atomic mass is 9.83. The smallest absolute Gasteiger partial charge is 0.115 e. The molecule has 1 aliphatic rings. The van der Waals surface area contributed by atoms with Gasteiger partial charge in [-0.3, -0.25) is 0 Å². The number of nitrogens with zero attached hydrogens (tertiary/aromatic N) is 2. The summed E-state index contributed by atoms with van der Waals surface area (Å²) in [5, 5.41) is 0. The highest BCUT2D eigenvalue weighted by Gasteiger charge is 2.19. The van der Waals surface area contributed by atoms with E-state index in [1.54, 1.807) is 6.33 Å². The van der Waals surface area contributed by atoms with E-state index in [0.717, 1.165) is 12.8 Å². The lowest BCUT2D eigenvalue weighted by Crippen LogP contribution is -2.25. The molecule has 2 rings (SSSR count). The van der Waals surface area contributed by atoms with E-state index in [2.05, 4.69) is 9.97 Å². The lowest BCUT2D eigenvalue weighted by molar-refractivity contribution is 0.394. The van der Waals surface area contributed by atoms with E-state index in [1.807, 2.05) is 12.4 Å². The molecule has 1 heterocycles. The molecule has 0 unspecified atom stereocenters. The van der Waals surface area contributed by atoms with Gasteiger partial charge in [-0.1, -0.05) is 0 Å². The van der Waals surface area contributed by atoms with E-state index in [0.29, 0.717) is 12.0 Å². The van der Waals surface area contributed by atoms with Crippen LogP contribution in [0.2, 0.25) is 0 Å². The molecule has 0 amide bonds. The van der Waals surface area contributed by atoms with Crippen LogP contribution in [0.3, 0.4) is 0 Å². The molecule has 1 saturated carbocycles. The van der Waals surface area contributed by atoms with Gasteiger partial charge in [-0.05, 0) is 37.2 Å². The van der Waals surface area contributed by atoms with Crippen LogP contribution in [0.5, 0.6) is 0 Å². The maximum atomic E-state index is 5.84. The Morgan fingerprint density at radius 2 is 1.69 bits per heavy atom. The quantitative estimate of drug-likeness (QED) is 0.706. The van der Waals surface area contributed by atoms with Gasteiger partial charge in [0.2, 0.25) is 0 Å². The van der Waals surface area contributed by atoms with Crippen LogP contribution < -0.4 is 5.73 Å². The Morgan fingerprint density at radius 1 is 1.08 bits per heavy atom. The summed E-state index contributed by atoms with van der Waals surface area (Å²) in [7, 11) is 0. The van der Waals surface area contributed by atoms with E-state index < -0.39 is 0 Å². The third kappa shape index (κ3) is 2.04. The predicted octanol–water partition coefficient (Wildman–Crippen LogP) is 1.46. The molecule has 1 aliphatic carbocycles. The number of nitrogens with two attached hydrogens (primary N) is 1. The molecule has 1 aromatic heterocycles. The average Bonchev–Trinajstić information content (AvgIpc) is 2.20. The van der Waals surface area contributed by atoms with Crippen molar-refractivity contribution in [3.8, 4) is 0 Å². The van der Waals surface area contributed by atoms with Crippen LogP contribution >= 0.6 is 0 Å². The zero-order chi connectivity index (χ0) is 9.10. The molecular weight excluding hydrogens is 162 g/mol. The third-order valence-corrected chi connectivity index (χ3v) is 2.82. The van der Waals surface area contributed by atoms with E-state index in [-0.39, 0.29) is 0 Å². The highest BCUT2D eigenvalue weighted by atomic mass is 14.8. The minimum absolute atomic E-state index is 0.417. The van der Waals surface area contributed by atoms with Gasteiger partial charge in [0.25, 0.3) is 0 Å². The van der Waals surface area contributed by atoms with Gasteiger partial charge in [0, 0.05) is 18.4 Å². The summed E-state index contributed by atoms with van der Waals surface area (Å²) in [6, 6.07) is 0.417. The fraction of sp³-hybridized carbons (Fsp3) is 0.600. The monoisotopic (exact) mass is 177 g/mol. The first-order valence-corrected chi connectivity index (χ1v) is 4.87. The van der Waals surface area contributed by atoms with Crippen molar-refractivity contribution in [1.29, 1.82) is 0 Å². The van der Waals surface area contributed by atoms with Crippen molar-refractivity contribution in [2.24, 2.45) is 5.73 Å². The first-order valence-electron chi connectivity index (χ1n) is 4.87.